The number of carboxylic acid groups (broad SMARTS) is 1. The van der Waals surface area contributed by atoms with E-state index in [0.717, 1.165) is 11.1 Å². The fourth-order valence-electron chi connectivity index (χ4n) is 3.29. The van der Waals surface area contributed by atoms with Gasteiger partial charge in [0.15, 0.2) is 0 Å². The molecule has 0 heterocycles. The number of carbonyl (C=O) groups excluding carboxylic acids is 2. The van der Waals surface area contributed by atoms with Crippen molar-refractivity contribution in [1.29, 1.82) is 0 Å². The van der Waals surface area contributed by atoms with Crippen molar-refractivity contribution in [3.63, 3.8) is 0 Å². The van der Waals surface area contributed by atoms with Crippen LogP contribution in [0.5, 0.6) is 0 Å². The van der Waals surface area contributed by atoms with Crippen LogP contribution in [-0.4, -0.2) is 47.4 Å². The molecule has 0 fully saturated rings. The zero-order valence-corrected chi connectivity index (χ0v) is 20.2. The molecule has 3 amide bonds. The van der Waals surface area contributed by atoms with E-state index in [2.05, 4.69) is 38.8 Å². The van der Waals surface area contributed by atoms with Crippen molar-refractivity contribution in [2.75, 3.05) is 0 Å². The van der Waals surface area contributed by atoms with Crippen molar-refractivity contribution in [2.45, 2.75) is 49.9 Å². The van der Waals surface area contributed by atoms with Gasteiger partial charge in [0.2, 0.25) is 5.91 Å². The normalized spacial score (nSPS) is 13.9. The third-order valence-corrected chi connectivity index (χ3v) is 5.45. The molecule has 0 saturated carbocycles. The molecule has 2 aromatic carbocycles. The number of benzene rings is 2. The van der Waals surface area contributed by atoms with Gasteiger partial charge in [-0.1, -0.05) is 54.5 Å². The Morgan fingerprint density at radius 1 is 1.00 bits per heavy atom. The van der Waals surface area contributed by atoms with Crippen LogP contribution in [-0.2, 0) is 21.8 Å². The number of aliphatic carboxylic acids is 1. The van der Waals surface area contributed by atoms with Crippen LogP contribution in [0.2, 0.25) is 0 Å². The van der Waals surface area contributed by atoms with Crippen LogP contribution in [0.4, 0.5) is 10.5 Å². The summed E-state index contributed by atoms with van der Waals surface area (Å²) in [6, 6.07) is 12.0. The average molecular weight is 502 g/mol. The molecule has 3 atom stereocenters. The van der Waals surface area contributed by atoms with Crippen molar-refractivity contribution in [1.82, 2.24) is 16.0 Å². The second kappa shape index (κ2) is 14.2. The Morgan fingerprint density at radius 3 is 2.20 bits per heavy atom. The molecule has 12 heteroatoms. The fourth-order valence-corrected chi connectivity index (χ4v) is 3.50. The van der Waals surface area contributed by atoms with Crippen LogP contribution in [0.25, 0.3) is 0 Å². The van der Waals surface area contributed by atoms with Crippen molar-refractivity contribution in [2.24, 2.45) is 21.7 Å². The van der Waals surface area contributed by atoms with Crippen molar-refractivity contribution in [3.05, 3.63) is 65.7 Å². The van der Waals surface area contributed by atoms with Gasteiger partial charge in [0.05, 0.1) is 5.69 Å². The lowest BCUT2D eigenvalue weighted by Crippen LogP contribution is -2.62. The summed E-state index contributed by atoms with van der Waals surface area (Å²) in [5.41, 5.74) is 13.3. The lowest BCUT2D eigenvalue weighted by molar-refractivity contribution is -0.143. The molecular formula is C23H31N7O4S. The summed E-state index contributed by atoms with van der Waals surface area (Å²) in [4.78, 5) is 37.4. The van der Waals surface area contributed by atoms with Crippen LogP contribution in [0.15, 0.2) is 64.8 Å². The Labute approximate surface area is 209 Å². The lowest BCUT2D eigenvalue weighted by atomic mass is 10.0. The summed E-state index contributed by atoms with van der Waals surface area (Å²) in [6.07, 6.45) is -0.531. The summed E-state index contributed by atoms with van der Waals surface area (Å²) >= 11 is 4.19. The maximum Gasteiger partial charge on any atom is 0.360 e. The second-order valence-corrected chi connectivity index (χ2v) is 8.06. The summed E-state index contributed by atoms with van der Waals surface area (Å²) in [5.74, 6) is -1.40. The van der Waals surface area contributed by atoms with E-state index in [-0.39, 0.29) is 6.42 Å². The van der Waals surface area contributed by atoms with Crippen LogP contribution in [0.3, 0.4) is 0 Å². The number of nitrogens with one attached hydrogen (secondary N) is 3. The number of thiol groups is 1. The number of nitrogens with two attached hydrogens (primary N) is 2. The number of hydrogen-bond acceptors (Lipinski definition) is 8. The van der Waals surface area contributed by atoms with Gasteiger partial charge in [0, 0.05) is 18.2 Å². The third kappa shape index (κ3) is 9.45. The maximum atomic E-state index is 13.1. The summed E-state index contributed by atoms with van der Waals surface area (Å²) in [7, 11) is 0. The number of nitrogens with zero attached hydrogens (tertiary/aromatic N) is 2. The Hall–Kier alpha value is -3.32. The molecule has 8 N–H and O–H groups in total. The molecule has 3 unspecified atom stereocenters. The van der Waals surface area contributed by atoms with Gasteiger partial charge in [-0.2, -0.15) is 12.6 Å². The summed E-state index contributed by atoms with van der Waals surface area (Å²) in [5, 5.41) is 24.9. The molecule has 0 aliphatic rings. The number of urea groups is 1. The topological polar surface area (TPSA) is 184 Å². The molecule has 11 nitrogen and oxygen atoms in total. The largest absolute Gasteiger partial charge is 0.480 e. The predicted octanol–water partition coefficient (Wildman–Crippen LogP) is 1.66. The van der Waals surface area contributed by atoms with Crippen LogP contribution in [0.1, 0.15) is 24.5 Å². The Bertz CT molecular complexity index is 1000. The third-order valence-electron chi connectivity index (χ3n) is 5.08. The molecular weight excluding hydrogens is 470 g/mol. The minimum absolute atomic E-state index is 0.109. The van der Waals surface area contributed by atoms with E-state index in [1.54, 1.807) is 43.3 Å². The molecule has 0 aliphatic heterocycles. The number of carbonyl (C=O) groups is 3. The fraction of sp³-hybridized carbons (Fsp3) is 0.348. The van der Waals surface area contributed by atoms with Gasteiger partial charge >= 0.3 is 12.0 Å². The zero-order chi connectivity index (χ0) is 25.8. The number of azo groups is 1. The van der Waals surface area contributed by atoms with Gasteiger partial charge in [-0.3, -0.25) is 10.1 Å². The highest BCUT2D eigenvalue weighted by Gasteiger charge is 2.32. The first kappa shape index (κ1) is 27.9. The minimum Gasteiger partial charge on any atom is -0.480 e. The van der Waals surface area contributed by atoms with Gasteiger partial charge in [0.25, 0.3) is 0 Å². The number of carboxylic acids is 1. The van der Waals surface area contributed by atoms with E-state index in [0.29, 0.717) is 17.9 Å². The molecule has 2 aromatic rings. The molecule has 35 heavy (non-hydrogen) atoms. The minimum atomic E-state index is -1.33. The highest BCUT2D eigenvalue weighted by atomic mass is 32.1. The number of rotatable bonds is 12. The van der Waals surface area contributed by atoms with E-state index in [1.165, 1.54) is 0 Å². The van der Waals surface area contributed by atoms with Crippen molar-refractivity contribution in [3.8, 4) is 0 Å². The van der Waals surface area contributed by atoms with Gasteiger partial charge in [-0.15, -0.1) is 5.11 Å². The summed E-state index contributed by atoms with van der Waals surface area (Å²) < 4.78 is 0. The van der Waals surface area contributed by atoms with E-state index in [9.17, 15) is 19.5 Å². The summed E-state index contributed by atoms with van der Waals surface area (Å²) in [6.45, 7) is 1.73. The maximum absolute atomic E-state index is 13.1. The standard InChI is InChI=1S/C23H31N7O4S/c1-2-17(26-22(24)25)19(21(32)33)28-20(31)18(12-14-6-4-3-5-7-14)27-23(34)30-29-16-10-8-15(13-35)9-11-16/h3-11,17-19,22,26,35H,2,12-13,24-25H2,1H3,(H,27,34)(H,28,31)(H,32,33). The molecule has 0 radical (unpaired) electrons. The van der Waals surface area contributed by atoms with Gasteiger partial charge < -0.3 is 27.2 Å². The highest BCUT2D eigenvalue weighted by molar-refractivity contribution is 7.79. The van der Waals surface area contributed by atoms with Gasteiger partial charge in [-0.05, 0) is 29.7 Å². The Morgan fingerprint density at radius 2 is 1.66 bits per heavy atom. The average Bonchev–Trinajstić information content (AvgIpc) is 2.84. The Balaban J connectivity index is 2.18. The highest BCUT2D eigenvalue weighted by Crippen LogP contribution is 2.15. The van der Waals surface area contributed by atoms with Crippen LogP contribution >= 0.6 is 12.6 Å². The number of amides is 3. The molecule has 0 saturated heterocycles. The van der Waals surface area contributed by atoms with E-state index in [4.69, 9.17) is 11.5 Å². The van der Waals surface area contributed by atoms with E-state index in [1.807, 2.05) is 18.2 Å². The lowest BCUT2D eigenvalue weighted by Gasteiger charge is -2.28. The SMILES string of the molecule is CCC(NC(N)N)C(NC(=O)C(Cc1ccccc1)NC(=O)N=Nc1ccc(CS)cc1)C(=O)O. The van der Waals surface area contributed by atoms with Gasteiger partial charge in [-0.25, -0.2) is 9.59 Å². The molecule has 2 rings (SSSR count). The van der Waals surface area contributed by atoms with Crippen molar-refractivity contribution < 1.29 is 19.5 Å². The molecule has 0 spiro atoms. The van der Waals surface area contributed by atoms with E-state index < -0.39 is 42.3 Å². The molecule has 188 valence electrons. The van der Waals surface area contributed by atoms with Crippen LogP contribution in [0, 0.1) is 0 Å². The zero-order valence-electron chi connectivity index (χ0n) is 19.3. The van der Waals surface area contributed by atoms with Gasteiger partial charge in [0.1, 0.15) is 18.4 Å². The molecule has 0 aliphatic carbocycles. The second-order valence-electron chi connectivity index (χ2n) is 7.75. The molecule has 0 aromatic heterocycles. The Kier molecular flexibility index (Phi) is 11.3. The predicted molar refractivity (Wildman–Crippen MR) is 135 cm³/mol. The first-order chi connectivity index (χ1) is 16.7. The first-order valence-electron chi connectivity index (χ1n) is 11.0. The quantitative estimate of drug-likeness (QED) is 0.131. The van der Waals surface area contributed by atoms with E-state index >= 15 is 0 Å². The number of hydrogen-bond donors (Lipinski definition) is 7. The van der Waals surface area contributed by atoms with Crippen molar-refractivity contribution >= 4 is 36.2 Å². The smallest absolute Gasteiger partial charge is 0.360 e. The first-order valence-corrected chi connectivity index (χ1v) is 11.6. The van der Waals surface area contributed by atoms with Crippen LogP contribution < -0.4 is 27.4 Å². The monoisotopic (exact) mass is 501 g/mol. The molecule has 0 bridgehead atoms.